The van der Waals surface area contributed by atoms with Crippen molar-refractivity contribution in [3.8, 4) is 6.07 Å². The molecule has 0 aliphatic carbocycles. The van der Waals surface area contributed by atoms with Crippen molar-refractivity contribution in [2.24, 2.45) is 0 Å². The first-order valence-electron chi connectivity index (χ1n) is 7.14. The van der Waals surface area contributed by atoms with Crippen molar-refractivity contribution in [3.05, 3.63) is 65.1 Å². The molecule has 0 fully saturated rings. The first-order chi connectivity index (χ1) is 11.1. The van der Waals surface area contributed by atoms with E-state index in [0.717, 1.165) is 16.8 Å². The van der Waals surface area contributed by atoms with Gasteiger partial charge in [-0.15, -0.1) is 0 Å². The number of benzene rings is 2. The molecule has 0 spiro atoms. The zero-order valence-electron chi connectivity index (χ0n) is 12.5. The van der Waals surface area contributed by atoms with E-state index in [0.29, 0.717) is 16.6 Å². The number of hydrogen-bond acceptors (Lipinski definition) is 2. The van der Waals surface area contributed by atoms with E-state index in [2.05, 4.69) is 10.3 Å². The monoisotopic (exact) mass is 307 g/mol. The highest BCUT2D eigenvalue weighted by Crippen LogP contribution is 2.24. The Balaban J connectivity index is 1.87. The summed E-state index contributed by atoms with van der Waals surface area (Å²) >= 11 is 0. The molecule has 0 saturated carbocycles. The third-order valence-electron chi connectivity index (χ3n) is 3.74. The molecule has 1 aromatic heterocycles. The Morgan fingerprint density at radius 1 is 1.30 bits per heavy atom. The van der Waals surface area contributed by atoms with Gasteiger partial charge in [0.05, 0.1) is 17.7 Å². The quantitative estimate of drug-likeness (QED) is 0.775. The summed E-state index contributed by atoms with van der Waals surface area (Å²) in [5.41, 5.74) is 3.26. The van der Waals surface area contributed by atoms with Crippen molar-refractivity contribution in [2.45, 2.75) is 13.3 Å². The van der Waals surface area contributed by atoms with E-state index in [4.69, 9.17) is 5.26 Å². The summed E-state index contributed by atoms with van der Waals surface area (Å²) in [4.78, 5) is 15.4. The van der Waals surface area contributed by atoms with Crippen molar-refractivity contribution in [2.75, 3.05) is 5.32 Å². The lowest BCUT2D eigenvalue weighted by molar-refractivity contribution is -0.115. The molecule has 5 heteroatoms. The summed E-state index contributed by atoms with van der Waals surface area (Å²) in [5.74, 6) is -0.589. The van der Waals surface area contributed by atoms with Crippen LogP contribution < -0.4 is 5.32 Å². The molecular formula is C18H14FN3O. The van der Waals surface area contributed by atoms with Crippen LogP contribution >= 0.6 is 0 Å². The van der Waals surface area contributed by atoms with Crippen LogP contribution in [0.25, 0.3) is 10.9 Å². The third kappa shape index (κ3) is 2.92. The lowest BCUT2D eigenvalue weighted by atomic mass is 10.1. The number of halogens is 1. The zero-order valence-corrected chi connectivity index (χ0v) is 12.5. The topological polar surface area (TPSA) is 68.7 Å². The lowest BCUT2D eigenvalue weighted by Crippen LogP contribution is -2.15. The summed E-state index contributed by atoms with van der Waals surface area (Å²) in [7, 11) is 0. The highest BCUT2D eigenvalue weighted by Gasteiger charge is 2.14. The fraction of sp³-hybridized carbons (Fsp3) is 0.111. The van der Waals surface area contributed by atoms with E-state index in [9.17, 15) is 9.18 Å². The van der Waals surface area contributed by atoms with Crippen LogP contribution in [-0.2, 0) is 11.2 Å². The van der Waals surface area contributed by atoms with Gasteiger partial charge >= 0.3 is 0 Å². The van der Waals surface area contributed by atoms with E-state index < -0.39 is 0 Å². The number of para-hydroxylation sites is 1. The van der Waals surface area contributed by atoms with Gasteiger partial charge in [0.2, 0.25) is 5.91 Å². The van der Waals surface area contributed by atoms with Crippen molar-refractivity contribution in [1.29, 1.82) is 5.26 Å². The number of nitrogens with one attached hydrogen (secondary N) is 2. The van der Waals surface area contributed by atoms with E-state index in [1.165, 1.54) is 12.1 Å². The summed E-state index contributed by atoms with van der Waals surface area (Å²) < 4.78 is 13.5. The van der Waals surface area contributed by atoms with E-state index >= 15 is 0 Å². The Bertz CT molecular complexity index is 937. The average molecular weight is 307 g/mol. The average Bonchev–Trinajstić information content (AvgIpc) is 2.83. The van der Waals surface area contributed by atoms with Gasteiger partial charge in [-0.3, -0.25) is 4.79 Å². The highest BCUT2D eigenvalue weighted by atomic mass is 19.1. The molecule has 4 nitrogen and oxygen atoms in total. The number of hydrogen-bond donors (Lipinski definition) is 2. The molecule has 1 heterocycles. The van der Waals surface area contributed by atoms with Crippen LogP contribution in [-0.4, -0.2) is 10.9 Å². The van der Waals surface area contributed by atoms with Crippen LogP contribution in [0.5, 0.6) is 0 Å². The number of fused-ring (bicyclic) bond motifs is 1. The molecule has 0 atom stereocenters. The maximum Gasteiger partial charge on any atom is 0.228 e. The number of aryl methyl sites for hydroxylation is 1. The second-order valence-corrected chi connectivity index (χ2v) is 5.30. The van der Waals surface area contributed by atoms with Crippen LogP contribution in [0.1, 0.15) is 16.8 Å². The second-order valence-electron chi connectivity index (χ2n) is 5.30. The Kier molecular flexibility index (Phi) is 3.82. The molecule has 2 aromatic carbocycles. The first-order valence-corrected chi connectivity index (χ1v) is 7.14. The molecule has 114 valence electrons. The van der Waals surface area contributed by atoms with Gasteiger partial charge in [-0.25, -0.2) is 4.39 Å². The van der Waals surface area contributed by atoms with Crippen LogP contribution in [0.4, 0.5) is 10.1 Å². The number of aromatic amines is 1. The van der Waals surface area contributed by atoms with Crippen molar-refractivity contribution in [3.63, 3.8) is 0 Å². The molecule has 0 aliphatic rings. The summed E-state index contributed by atoms with van der Waals surface area (Å²) in [6.45, 7) is 1.85. The Morgan fingerprint density at radius 3 is 2.87 bits per heavy atom. The number of rotatable bonds is 3. The normalized spacial score (nSPS) is 10.5. The number of nitriles is 1. The van der Waals surface area contributed by atoms with E-state index in [-0.39, 0.29) is 18.1 Å². The molecule has 0 bridgehead atoms. The number of carbonyl (C=O) groups is 1. The fourth-order valence-electron chi connectivity index (χ4n) is 2.63. The first kappa shape index (κ1) is 14.8. The highest BCUT2D eigenvalue weighted by molar-refractivity contribution is 5.97. The van der Waals surface area contributed by atoms with Crippen LogP contribution in [0.3, 0.4) is 0 Å². The maximum atomic E-state index is 13.5. The van der Waals surface area contributed by atoms with Gasteiger partial charge in [0, 0.05) is 16.6 Å². The van der Waals surface area contributed by atoms with Gasteiger partial charge in [-0.1, -0.05) is 12.1 Å². The number of nitrogens with zero attached hydrogens (tertiary/aromatic N) is 1. The van der Waals surface area contributed by atoms with Gasteiger partial charge in [0.15, 0.2) is 0 Å². The summed E-state index contributed by atoms with van der Waals surface area (Å²) in [6, 6.07) is 13.3. The van der Waals surface area contributed by atoms with Crippen molar-refractivity contribution < 1.29 is 9.18 Å². The van der Waals surface area contributed by atoms with Gasteiger partial charge in [0.1, 0.15) is 11.9 Å². The fourth-order valence-corrected chi connectivity index (χ4v) is 2.63. The molecule has 23 heavy (non-hydrogen) atoms. The molecule has 3 rings (SSSR count). The number of carbonyl (C=O) groups excluding carboxylic acids is 1. The van der Waals surface area contributed by atoms with Crippen molar-refractivity contribution in [1.82, 2.24) is 4.98 Å². The number of anilines is 1. The minimum Gasteiger partial charge on any atom is -0.358 e. The third-order valence-corrected chi connectivity index (χ3v) is 3.74. The number of H-pyrrole nitrogens is 1. The minimum atomic E-state index is -0.340. The molecule has 0 radical (unpaired) electrons. The van der Waals surface area contributed by atoms with Gasteiger partial charge < -0.3 is 10.3 Å². The van der Waals surface area contributed by atoms with Gasteiger partial charge in [-0.2, -0.15) is 5.26 Å². The van der Waals surface area contributed by atoms with E-state index in [1.807, 2.05) is 13.0 Å². The smallest absolute Gasteiger partial charge is 0.228 e. The number of aromatic nitrogens is 1. The Morgan fingerprint density at radius 2 is 2.09 bits per heavy atom. The van der Waals surface area contributed by atoms with Crippen LogP contribution in [0.2, 0.25) is 0 Å². The molecule has 3 aromatic rings. The lowest BCUT2D eigenvalue weighted by Gasteiger charge is -2.07. The molecule has 2 N–H and O–H groups in total. The SMILES string of the molecule is Cc1[nH]c2ccc(F)cc2c1CC(=O)Nc1ccccc1C#N. The molecule has 0 aliphatic heterocycles. The van der Waals surface area contributed by atoms with E-state index in [1.54, 1.807) is 30.3 Å². The largest absolute Gasteiger partial charge is 0.358 e. The molecule has 0 saturated heterocycles. The predicted molar refractivity (Wildman–Crippen MR) is 86.5 cm³/mol. The Labute approximate surface area is 132 Å². The van der Waals surface area contributed by atoms with Gasteiger partial charge in [-0.05, 0) is 42.8 Å². The standard InChI is InChI=1S/C18H14FN3O/c1-11-14(15-8-13(19)6-7-17(15)21-11)9-18(23)22-16-5-3-2-4-12(16)10-20/h2-8,21H,9H2,1H3,(H,22,23). The maximum absolute atomic E-state index is 13.5. The second kappa shape index (κ2) is 5.93. The molecular weight excluding hydrogens is 293 g/mol. The molecule has 0 unspecified atom stereocenters. The summed E-state index contributed by atoms with van der Waals surface area (Å²) in [6.07, 6.45) is 0.106. The predicted octanol–water partition coefficient (Wildman–Crippen LogP) is 3.67. The summed E-state index contributed by atoms with van der Waals surface area (Å²) in [5, 5.41) is 12.5. The van der Waals surface area contributed by atoms with Crippen molar-refractivity contribution >= 4 is 22.5 Å². The van der Waals surface area contributed by atoms with Crippen LogP contribution in [0.15, 0.2) is 42.5 Å². The van der Waals surface area contributed by atoms with Gasteiger partial charge in [0.25, 0.3) is 0 Å². The van der Waals surface area contributed by atoms with Crippen LogP contribution in [0, 0.1) is 24.1 Å². The zero-order chi connectivity index (χ0) is 16.4. The molecule has 1 amide bonds. The minimum absolute atomic E-state index is 0.106. The Hall–Kier alpha value is -3.13. The number of amides is 1.